The molecule has 0 spiro atoms. The van der Waals surface area contributed by atoms with Crippen LogP contribution in [-0.2, 0) is 32.7 Å². The summed E-state index contributed by atoms with van der Waals surface area (Å²) < 4.78 is 34.2. The van der Waals surface area contributed by atoms with Crippen LogP contribution in [-0.4, -0.2) is 70.0 Å². The maximum absolute atomic E-state index is 12.8. The third kappa shape index (κ3) is 57.8. The van der Waals surface area contributed by atoms with Gasteiger partial charge >= 0.3 is 11.9 Å². The third-order valence-corrected chi connectivity index (χ3v) is 14.9. The van der Waals surface area contributed by atoms with E-state index in [1.807, 2.05) is 21.1 Å². The summed E-state index contributed by atoms with van der Waals surface area (Å²) in [6.07, 6.45) is 65.2. The van der Waals surface area contributed by atoms with Gasteiger partial charge in [0.15, 0.2) is 6.10 Å². The minimum Gasteiger partial charge on any atom is -0.756 e. The SMILES string of the molecule is CCCCCCC/C=C\C/C=C\CCCCCCCCCCCCCCCCCCCCCC(=O)OC(COC(=O)CCCCCCCCCCCCCCCCCCC)COP(=O)([O-])OCC[N+](C)(C)C. The molecule has 0 aromatic rings. The molecule has 0 fully saturated rings. The molecule has 0 aromatic heterocycles. The van der Waals surface area contributed by atoms with E-state index in [-0.39, 0.29) is 32.0 Å². The summed E-state index contributed by atoms with van der Waals surface area (Å²) in [4.78, 5) is 37.9. The molecule has 0 radical (unpaired) electrons. The Balaban J connectivity index is 4.02. The number of phosphoric acid groups is 1. The Morgan fingerprint density at radius 3 is 1.10 bits per heavy atom. The predicted molar refractivity (Wildman–Crippen MR) is 305 cm³/mol. The lowest BCUT2D eigenvalue weighted by molar-refractivity contribution is -0.870. The molecule has 0 heterocycles. The summed E-state index contributed by atoms with van der Waals surface area (Å²) >= 11 is 0. The van der Waals surface area contributed by atoms with Crippen molar-refractivity contribution in [2.75, 3.05) is 47.5 Å². The molecule has 426 valence electrons. The number of quaternary nitrogens is 1. The van der Waals surface area contributed by atoms with Crippen molar-refractivity contribution in [3.8, 4) is 0 Å². The van der Waals surface area contributed by atoms with Gasteiger partial charge in [-0.05, 0) is 44.9 Å². The van der Waals surface area contributed by atoms with Gasteiger partial charge in [-0.3, -0.25) is 14.2 Å². The molecule has 0 amide bonds. The predicted octanol–water partition coefficient (Wildman–Crippen LogP) is 18.7. The van der Waals surface area contributed by atoms with Crippen LogP contribution in [0.2, 0.25) is 0 Å². The first-order chi connectivity index (χ1) is 35.0. The number of phosphoric ester groups is 1. The van der Waals surface area contributed by atoms with E-state index < -0.39 is 26.5 Å². The first kappa shape index (κ1) is 70.5. The zero-order chi connectivity index (χ0) is 52.7. The Labute approximate surface area is 447 Å². The molecule has 0 bridgehead atoms. The minimum atomic E-state index is -4.63. The monoisotopic (exact) mass is 1040 g/mol. The number of hydrogen-bond donors (Lipinski definition) is 0. The molecule has 0 saturated heterocycles. The smallest absolute Gasteiger partial charge is 0.306 e. The molecule has 0 aliphatic heterocycles. The fraction of sp³-hybridized carbons (Fsp3) is 0.903. The molecule has 2 atom stereocenters. The molecular formula is C62H120NO8P. The molecule has 10 heteroatoms. The molecular weight excluding hydrogens is 918 g/mol. The third-order valence-electron chi connectivity index (χ3n) is 14.0. The number of esters is 2. The second kappa shape index (κ2) is 54.3. The summed E-state index contributed by atoms with van der Waals surface area (Å²) in [5, 5.41) is 0. The number of likely N-dealkylation sites (N-methyl/N-ethyl adjacent to an activating group) is 1. The van der Waals surface area contributed by atoms with Crippen molar-refractivity contribution in [3.63, 3.8) is 0 Å². The van der Waals surface area contributed by atoms with Crippen molar-refractivity contribution >= 4 is 19.8 Å². The largest absolute Gasteiger partial charge is 0.756 e. The Kier molecular flexibility index (Phi) is 53.1. The van der Waals surface area contributed by atoms with Crippen LogP contribution in [0.3, 0.4) is 0 Å². The van der Waals surface area contributed by atoms with Gasteiger partial charge in [-0.1, -0.05) is 276 Å². The molecule has 9 nitrogen and oxygen atoms in total. The van der Waals surface area contributed by atoms with E-state index in [4.69, 9.17) is 18.5 Å². The van der Waals surface area contributed by atoms with Crippen LogP contribution in [0.4, 0.5) is 0 Å². The second-order valence-corrected chi connectivity index (χ2v) is 23.8. The highest BCUT2D eigenvalue weighted by Gasteiger charge is 2.22. The van der Waals surface area contributed by atoms with Crippen LogP contribution in [0.5, 0.6) is 0 Å². The zero-order valence-electron chi connectivity index (χ0n) is 48.4. The average molecular weight is 1040 g/mol. The van der Waals surface area contributed by atoms with Crippen LogP contribution in [0.25, 0.3) is 0 Å². The minimum absolute atomic E-state index is 0.0270. The first-order valence-electron chi connectivity index (χ1n) is 31.0. The molecule has 0 rings (SSSR count). The standard InChI is InChI=1S/C62H120NO8P/c1-6-8-10-12-14-16-18-20-22-24-25-26-27-28-29-30-31-32-33-34-35-36-37-39-41-43-45-47-49-51-53-55-62(65)71-60(59-70-72(66,67)69-57-56-63(3,4)5)58-68-61(64)54-52-50-48-46-44-42-40-38-23-21-19-17-15-13-11-9-7-2/h18,20,24-25,60H,6-17,19,21-23,26-59H2,1-5H3/b20-18-,25-24-. The number of nitrogens with zero attached hydrogens (tertiary/aromatic N) is 1. The lowest BCUT2D eigenvalue weighted by atomic mass is 10.0. The van der Waals surface area contributed by atoms with E-state index in [2.05, 4.69) is 38.2 Å². The van der Waals surface area contributed by atoms with Crippen LogP contribution < -0.4 is 4.89 Å². The summed E-state index contributed by atoms with van der Waals surface area (Å²) in [5.74, 6) is -0.813. The highest BCUT2D eigenvalue weighted by atomic mass is 31.2. The van der Waals surface area contributed by atoms with Gasteiger partial charge < -0.3 is 27.9 Å². The molecule has 0 N–H and O–H groups in total. The summed E-state index contributed by atoms with van der Waals surface area (Å²) in [6.45, 7) is 4.29. The summed E-state index contributed by atoms with van der Waals surface area (Å²) in [5.41, 5.74) is 0. The Morgan fingerprint density at radius 1 is 0.431 bits per heavy atom. The number of unbranched alkanes of at least 4 members (excludes halogenated alkanes) is 40. The first-order valence-corrected chi connectivity index (χ1v) is 32.5. The van der Waals surface area contributed by atoms with Gasteiger partial charge in [-0.15, -0.1) is 0 Å². The molecule has 0 saturated carbocycles. The second-order valence-electron chi connectivity index (χ2n) is 22.4. The quantitative estimate of drug-likeness (QED) is 0.0195. The Bertz CT molecular complexity index is 1270. The lowest BCUT2D eigenvalue weighted by Crippen LogP contribution is -2.37. The van der Waals surface area contributed by atoms with E-state index in [1.54, 1.807) is 0 Å². The number of ether oxygens (including phenoxy) is 2. The van der Waals surface area contributed by atoms with Crippen molar-refractivity contribution < 1.29 is 42.1 Å². The summed E-state index contributed by atoms with van der Waals surface area (Å²) in [6, 6.07) is 0. The Morgan fingerprint density at radius 2 is 0.750 bits per heavy atom. The van der Waals surface area contributed by atoms with Crippen LogP contribution in [0.15, 0.2) is 24.3 Å². The van der Waals surface area contributed by atoms with E-state index in [9.17, 15) is 19.0 Å². The fourth-order valence-electron chi connectivity index (χ4n) is 9.16. The van der Waals surface area contributed by atoms with Gasteiger partial charge in [0.1, 0.15) is 19.8 Å². The van der Waals surface area contributed by atoms with Crippen molar-refractivity contribution in [2.45, 2.75) is 315 Å². The van der Waals surface area contributed by atoms with E-state index in [1.165, 1.54) is 238 Å². The number of hydrogen-bond acceptors (Lipinski definition) is 8. The molecule has 0 aliphatic rings. The van der Waals surface area contributed by atoms with Gasteiger partial charge in [0.05, 0.1) is 27.7 Å². The van der Waals surface area contributed by atoms with E-state index >= 15 is 0 Å². The van der Waals surface area contributed by atoms with Gasteiger partial charge in [0, 0.05) is 12.8 Å². The van der Waals surface area contributed by atoms with Gasteiger partial charge in [-0.25, -0.2) is 0 Å². The van der Waals surface area contributed by atoms with Gasteiger partial charge in [0.25, 0.3) is 7.82 Å². The summed E-state index contributed by atoms with van der Waals surface area (Å²) in [7, 11) is 1.19. The van der Waals surface area contributed by atoms with Gasteiger partial charge in [-0.2, -0.15) is 0 Å². The van der Waals surface area contributed by atoms with E-state index in [0.717, 1.165) is 38.5 Å². The number of rotatable bonds is 58. The van der Waals surface area contributed by atoms with Crippen LogP contribution >= 0.6 is 7.82 Å². The Hall–Kier alpha value is -1.51. The van der Waals surface area contributed by atoms with Crippen molar-refractivity contribution in [1.82, 2.24) is 0 Å². The topological polar surface area (TPSA) is 111 Å². The molecule has 0 aromatic carbocycles. The maximum Gasteiger partial charge on any atom is 0.306 e. The lowest BCUT2D eigenvalue weighted by Gasteiger charge is -2.28. The fourth-order valence-corrected chi connectivity index (χ4v) is 9.89. The number of carbonyl (C=O) groups is 2. The normalized spacial score (nSPS) is 13.4. The van der Waals surface area contributed by atoms with Crippen molar-refractivity contribution in [1.29, 1.82) is 0 Å². The van der Waals surface area contributed by atoms with Crippen molar-refractivity contribution in [2.24, 2.45) is 0 Å². The molecule has 72 heavy (non-hydrogen) atoms. The maximum atomic E-state index is 12.8. The van der Waals surface area contributed by atoms with Crippen molar-refractivity contribution in [3.05, 3.63) is 24.3 Å². The number of carbonyl (C=O) groups excluding carboxylic acids is 2. The molecule has 2 unspecified atom stereocenters. The van der Waals surface area contributed by atoms with Crippen LogP contribution in [0, 0.1) is 0 Å². The van der Waals surface area contributed by atoms with Gasteiger partial charge in [0.2, 0.25) is 0 Å². The number of allylic oxidation sites excluding steroid dienone is 4. The highest BCUT2D eigenvalue weighted by molar-refractivity contribution is 7.45. The zero-order valence-corrected chi connectivity index (χ0v) is 49.3. The molecule has 0 aliphatic carbocycles. The average Bonchev–Trinajstić information content (AvgIpc) is 3.34. The highest BCUT2D eigenvalue weighted by Crippen LogP contribution is 2.38. The van der Waals surface area contributed by atoms with Crippen LogP contribution in [0.1, 0.15) is 309 Å². The van der Waals surface area contributed by atoms with E-state index in [0.29, 0.717) is 17.4 Å².